The summed E-state index contributed by atoms with van der Waals surface area (Å²) < 4.78 is 6.31. The van der Waals surface area contributed by atoms with Gasteiger partial charge in [-0.2, -0.15) is 0 Å². The van der Waals surface area contributed by atoms with Gasteiger partial charge < -0.3 is 4.43 Å². The summed E-state index contributed by atoms with van der Waals surface area (Å²) in [5.41, 5.74) is 2.05. The van der Waals surface area contributed by atoms with Gasteiger partial charge in [-0.1, -0.05) is 53.7 Å². The van der Waals surface area contributed by atoms with Gasteiger partial charge in [0.2, 0.25) is 8.32 Å². The van der Waals surface area contributed by atoms with Crippen molar-refractivity contribution in [1.29, 1.82) is 0 Å². The highest BCUT2D eigenvalue weighted by molar-refractivity contribution is 6.77. The van der Waals surface area contributed by atoms with Crippen LogP contribution in [0.15, 0.2) is 12.2 Å². The lowest BCUT2D eigenvalue weighted by Crippen LogP contribution is -2.47. The van der Waals surface area contributed by atoms with E-state index >= 15 is 0 Å². The molecule has 0 saturated heterocycles. The van der Waals surface area contributed by atoms with Crippen molar-refractivity contribution in [1.82, 2.24) is 0 Å². The van der Waals surface area contributed by atoms with Gasteiger partial charge in [-0.25, -0.2) is 0 Å². The molecule has 0 aromatic carbocycles. The first-order valence-corrected chi connectivity index (χ1v) is 8.28. The SMILES string of the molecule is C/C=C\CO[Si](C(C)C)(C(C)C)C(C)C. The second kappa shape index (κ2) is 6.49. The monoisotopic (exact) mass is 228 g/mol. The predicted octanol–water partition coefficient (Wildman–Crippen LogP) is 4.75. The Bertz CT molecular complexity index is 173. The van der Waals surface area contributed by atoms with Crippen LogP contribution in [0.5, 0.6) is 0 Å². The minimum Gasteiger partial charge on any atom is -0.412 e. The highest BCUT2D eigenvalue weighted by Gasteiger charge is 2.44. The first-order chi connectivity index (χ1) is 6.89. The van der Waals surface area contributed by atoms with Crippen LogP contribution in [0, 0.1) is 0 Å². The molecular formula is C13H28OSi. The van der Waals surface area contributed by atoms with Gasteiger partial charge in [0.1, 0.15) is 0 Å². The third kappa shape index (κ3) is 3.46. The van der Waals surface area contributed by atoms with Crippen LogP contribution in [0.25, 0.3) is 0 Å². The van der Waals surface area contributed by atoms with E-state index in [1.54, 1.807) is 0 Å². The van der Waals surface area contributed by atoms with Gasteiger partial charge in [0.05, 0.1) is 6.61 Å². The molecule has 0 aliphatic heterocycles. The average Bonchev–Trinajstić information content (AvgIpc) is 2.10. The molecule has 90 valence electrons. The van der Waals surface area contributed by atoms with Crippen LogP contribution in [-0.2, 0) is 4.43 Å². The van der Waals surface area contributed by atoms with E-state index < -0.39 is 8.32 Å². The Labute approximate surface area is 97.0 Å². The maximum atomic E-state index is 6.31. The quantitative estimate of drug-likeness (QED) is 0.471. The molecule has 0 rings (SSSR count). The minimum atomic E-state index is -1.62. The maximum absolute atomic E-state index is 6.31. The minimum absolute atomic E-state index is 0.683. The molecule has 0 unspecified atom stereocenters. The zero-order valence-electron chi connectivity index (χ0n) is 11.5. The standard InChI is InChI=1S/C13H28OSi/c1-8-9-10-14-15(11(2)3,12(4)5)13(6)7/h8-9,11-13H,10H2,1-7H3/b9-8-. The molecule has 15 heavy (non-hydrogen) atoms. The van der Waals surface area contributed by atoms with Gasteiger partial charge in [-0.05, 0) is 23.5 Å². The van der Waals surface area contributed by atoms with Crippen LogP contribution < -0.4 is 0 Å². The van der Waals surface area contributed by atoms with Gasteiger partial charge in [-0.3, -0.25) is 0 Å². The van der Waals surface area contributed by atoms with Gasteiger partial charge in [0, 0.05) is 0 Å². The van der Waals surface area contributed by atoms with Crippen LogP contribution in [-0.4, -0.2) is 14.9 Å². The fourth-order valence-electron chi connectivity index (χ4n) is 2.79. The van der Waals surface area contributed by atoms with E-state index in [1.165, 1.54) is 0 Å². The van der Waals surface area contributed by atoms with E-state index in [2.05, 4.69) is 53.7 Å². The molecule has 0 spiro atoms. The Morgan fingerprint density at radius 2 is 1.33 bits per heavy atom. The van der Waals surface area contributed by atoms with Crippen molar-refractivity contribution in [2.75, 3.05) is 6.61 Å². The molecule has 0 saturated carbocycles. The van der Waals surface area contributed by atoms with E-state index in [9.17, 15) is 0 Å². The third-order valence-electron chi connectivity index (χ3n) is 3.37. The summed E-state index contributed by atoms with van der Waals surface area (Å²) in [4.78, 5) is 0. The van der Waals surface area contributed by atoms with Crippen LogP contribution in [0.2, 0.25) is 16.6 Å². The van der Waals surface area contributed by atoms with Crippen molar-refractivity contribution in [3.05, 3.63) is 12.2 Å². The Hall–Kier alpha value is -0.0831. The molecule has 0 atom stereocenters. The van der Waals surface area contributed by atoms with E-state index in [1.807, 2.05) is 6.92 Å². The molecule has 0 aliphatic rings. The lowest BCUT2D eigenvalue weighted by atomic mass is 10.5. The van der Waals surface area contributed by atoms with E-state index in [0.29, 0.717) is 16.6 Å². The molecular weight excluding hydrogens is 200 g/mol. The third-order valence-corrected chi connectivity index (χ3v) is 9.45. The summed E-state index contributed by atoms with van der Waals surface area (Å²) in [6, 6.07) is 0. The molecule has 0 amide bonds. The number of rotatable bonds is 6. The Kier molecular flexibility index (Phi) is 6.45. The zero-order chi connectivity index (χ0) is 12.1. The topological polar surface area (TPSA) is 9.23 Å². The van der Waals surface area contributed by atoms with Gasteiger partial charge in [0.15, 0.2) is 0 Å². The highest BCUT2D eigenvalue weighted by atomic mass is 28.4. The van der Waals surface area contributed by atoms with Crippen molar-refractivity contribution >= 4 is 8.32 Å². The molecule has 0 aromatic rings. The molecule has 0 heterocycles. The first-order valence-electron chi connectivity index (χ1n) is 6.14. The lowest BCUT2D eigenvalue weighted by Gasteiger charge is -2.41. The number of allylic oxidation sites excluding steroid dienone is 1. The molecule has 0 aromatic heterocycles. The van der Waals surface area contributed by atoms with Crippen LogP contribution in [0.4, 0.5) is 0 Å². The van der Waals surface area contributed by atoms with Gasteiger partial charge >= 0.3 is 0 Å². The van der Waals surface area contributed by atoms with Gasteiger partial charge in [0.25, 0.3) is 0 Å². The molecule has 0 bridgehead atoms. The fraction of sp³-hybridized carbons (Fsp3) is 0.846. The van der Waals surface area contributed by atoms with Crippen molar-refractivity contribution in [3.63, 3.8) is 0 Å². The molecule has 0 N–H and O–H groups in total. The molecule has 0 radical (unpaired) electrons. The average molecular weight is 228 g/mol. The van der Waals surface area contributed by atoms with Crippen molar-refractivity contribution in [3.8, 4) is 0 Å². The summed E-state index contributed by atoms with van der Waals surface area (Å²) in [5, 5.41) is 0. The fourth-order valence-corrected chi connectivity index (χ4v) is 8.17. The van der Waals surface area contributed by atoms with Crippen molar-refractivity contribution in [2.45, 2.75) is 65.1 Å². The number of hydrogen-bond acceptors (Lipinski definition) is 1. The van der Waals surface area contributed by atoms with E-state index in [0.717, 1.165) is 6.61 Å². The second-order valence-electron chi connectivity index (χ2n) is 5.20. The summed E-state index contributed by atoms with van der Waals surface area (Å²) in [7, 11) is -1.62. The van der Waals surface area contributed by atoms with Crippen LogP contribution in [0.3, 0.4) is 0 Å². The summed E-state index contributed by atoms with van der Waals surface area (Å²) in [6.07, 6.45) is 4.19. The zero-order valence-corrected chi connectivity index (χ0v) is 12.5. The maximum Gasteiger partial charge on any atom is 0.200 e. The Morgan fingerprint density at radius 1 is 0.933 bits per heavy atom. The van der Waals surface area contributed by atoms with Crippen LogP contribution >= 0.6 is 0 Å². The van der Waals surface area contributed by atoms with Crippen LogP contribution in [0.1, 0.15) is 48.5 Å². The largest absolute Gasteiger partial charge is 0.412 e. The highest BCUT2D eigenvalue weighted by Crippen LogP contribution is 2.42. The summed E-state index contributed by atoms with van der Waals surface area (Å²) >= 11 is 0. The molecule has 0 aliphatic carbocycles. The van der Waals surface area contributed by atoms with Gasteiger partial charge in [-0.15, -0.1) is 0 Å². The molecule has 0 fully saturated rings. The second-order valence-corrected chi connectivity index (χ2v) is 10.7. The summed E-state index contributed by atoms with van der Waals surface area (Å²) in [5.74, 6) is 0. The summed E-state index contributed by atoms with van der Waals surface area (Å²) in [6.45, 7) is 16.8. The molecule has 2 heteroatoms. The van der Waals surface area contributed by atoms with Crippen molar-refractivity contribution < 1.29 is 4.43 Å². The Morgan fingerprint density at radius 3 is 1.60 bits per heavy atom. The Balaban J connectivity index is 4.80. The first kappa shape index (κ1) is 14.9. The molecule has 1 nitrogen and oxygen atoms in total. The smallest absolute Gasteiger partial charge is 0.200 e. The van der Waals surface area contributed by atoms with Crippen molar-refractivity contribution in [2.24, 2.45) is 0 Å². The number of hydrogen-bond donors (Lipinski definition) is 0. The van der Waals surface area contributed by atoms with E-state index in [-0.39, 0.29) is 0 Å². The van der Waals surface area contributed by atoms with E-state index in [4.69, 9.17) is 4.43 Å². The lowest BCUT2D eigenvalue weighted by molar-refractivity contribution is 0.316. The normalized spacial score (nSPS) is 13.7. The predicted molar refractivity (Wildman–Crippen MR) is 71.8 cm³/mol.